The quantitative estimate of drug-likeness (QED) is 0.884. The highest BCUT2D eigenvalue weighted by molar-refractivity contribution is 7.16. The second-order valence-electron chi connectivity index (χ2n) is 4.49. The van der Waals surface area contributed by atoms with Gasteiger partial charge in [-0.1, -0.05) is 11.6 Å². The van der Waals surface area contributed by atoms with E-state index in [-0.39, 0.29) is 5.91 Å². The number of hydrogen-bond donors (Lipinski definition) is 2. The molecule has 0 aliphatic carbocycles. The molecule has 3 nitrogen and oxygen atoms in total. The van der Waals surface area contributed by atoms with E-state index < -0.39 is 0 Å². The van der Waals surface area contributed by atoms with Crippen molar-refractivity contribution in [2.75, 3.05) is 18.9 Å². The molecule has 0 aliphatic rings. The third-order valence-corrected chi connectivity index (χ3v) is 4.33. The fourth-order valence-corrected chi connectivity index (χ4v) is 3.06. The van der Waals surface area contributed by atoms with Crippen molar-refractivity contribution in [3.63, 3.8) is 0 Å². The maximum absolute atomic E-state index is 12.0. The van der Waals surface area contributed by atoms with Gasteiger partial charge in [-0.25, -0.2) is 0 Å². The number of hydrogen-bond acceptors (Lipinski definition) is 3. The number of halogens is 1. The third kappa shape index (κ3) is 3.74. The molecule has 1 heterocycles. The first-order valence-corrected chi connectivity index (χ1v) is 7.60. The molecule has 2 rings (SSSR count). The Morgan fingerprint density at radius 3 is 2.70 bits per heavy atom. The number of nitrogens with one attached hydrogen (secondary N) is 2. The van der Waals surface area contributed by atoms with Gasteiger partial charge in [0.1, 0.15) is 0 Å². The monoisotopic (exact) mass is 308 g/mol. The second kappa shape index (κ2) is 6.77. The van der Waals surface area contributed by atoms with E-state index in [1.807, 2.05) is 44.3 Å². The van der Waals surface area contributed by atoms with Crippen LogP contribution >= 0.6 is 22.9 Å². The number of amides is 1. The van der Waals surface area contributed by atoms with Gasteiger partial charge in [-0.15, -0.1) is 11.3 Å². The van der Waals surface area contributed by atoms with Gasteiger partial charge in [0.05, 0.1) is 4.34 Å². The predicted octanol–water partition coefficient (Wildman–Crippen LogP) is 3.72. The number of rotatable bonds is 5. The highest BCUT2D eigenvalue weighted by Crippen LogP contribution is 2.21. The van der Waals surface area contributed by atoms with Crippen LogP contribution in [0.3, 0.4) is 0 Å². The molecule has 0 radical (unpaired) electrons. The summed E-state index contributed by atoms with van der Waals surface area (Å²) in [5.74, 6) is -0.0431. The van der Waals surface area contributed by atoms with Gasteiger partial charge in [-0.3, -0.25) is 4.79 Å². The molecule has 0 bridgehead atoms. The van der Waals surface area contributed by atoms with Gasteiger partial charge in [0, 0.05) is 29.7 Å². The lowest BCUT2D eigenvalue weighted by molar-refractivity contribution is 0.0954. The van der Waals surface area contributed by atoms with Crippen LogP contribution in [0.15, 0.2) is 30.3 Å². The van der Waals surface area contributed by atoms with Gasteiger partial charge in [-0.2, -0.15) is 0 Å². The zero-order valence-corrected chi connectivity index (χ0v) is 13.1. The molecular formula is C15H17ClN2OS. The summed E-state index contributed by atoms with van der Waals surface area (Å²) >= 11 is 7.42. The Morgan fingerprint density at radius 1 is 1.30 bits per heavy atom. The van der Waals surface area contributed by atoms with Crippen LogP contribution in [0.4, 0.5) is 5.69 Å². The van der Waals surface area contributed by atoms with E-state index in [1.165, 1.54) is 4.88 Å². The highest BCUT2D eigenvalue weighted by atomic mass is 35.5. The first-order chi connectivity index (χ1) is 9.60. The molecule has 1 aromatic heterocycles. The van der Waals surface area contributed by atoms with E-state index in [4.69, 9.17) is 11.6 Å². The summed E-state index contributed by atoms with van der Waals surface area (Å²) in [6.45, 7) is 2.60. The van der Waals surface area contributed by atoms with E-state index in [1.54, 1.807) is 11.3 Å². The molecule has 0 fully saturated rings. The van der Waals surface area contributed by atoms with Crippen LogP contribution in [0.5, 0.6) is 0 Å². The van der Waals surface area contributed by atoms with Crippen molar-refractivity contribution in [3.8, 4) is 0 Å². The molecule has 0 unspecified atom stereocenters. The van der Waals surface area contributed by atoms with Crippen LogP contribution in [0.25, 0.3) is 0 Å². The van der Waals surface area contributed by atoms with Crippen molar-refractivity contribution >= 4 is 34.5 Å². The SMILES string of the molecule is CNc1ccc(C(=O)NCCc2ccc(Cl)s2)cc1C. The second-order valence-corrected chi connectivity index (χ2v) is 6.29. The van der Waals surface area contributed by atoms with Crippen LogP contribution in [-0.2, 0) is 6.42 Å². The van der Waals surface area contributed by atoms with Crippen LogP contribution < -0.4 is 10.6 Å². The summed E-state index contributed by atoms with van der Waals surface area (Å²) in [6, 6.07) is 9.51. The first-order valence-electron chi connectivity index (χ1n) is 6.41. The third-order valence-electron chi connectivity index (χ3n) is 3.04. The fraction of sp³-hybridized carbons (Fsp3) is 0.267. The Hall–Kier alpha value is -1.52. The molecule has 106 valence electrons. The lowest BCUT2D eigenvalue weighted by atomic mass is 10.1. The average molecular weight is 309 g/mol. The molecule has 2 aromatic rings. The van der Waals surface area contributed by atoms with Crippen molar-refractivity contribution in [2.45, 2.75) is 13.3 Å². The lowest BCUT2D eigenvalue weighted by Crippen LogP contribution is -2.25. The molecule has 0 saturated heterocycles. The van der Waals surface area contributed by atoms with Crippen LogP contribution in [0, 0.1) is 6.92 Å². The smallest absolute Gasteiger partial charge is 0.251 e. The van der Waals surface area contributed by atoms with Gasteiger partial charge in [0.15, 0.2) is 0 Å². The van der Waals surface area contributed by atoms with E-state index in [9.17, 15) is 4.79 Å². The first kappa shape index (κ1) is 14.9. The number of benzene rings is 1. The average Bonchev–Trinajstić information content (AvgIpc) is 2.84. The van der Waals surface area contributed by atoms with E-state index >= 15 is 0 Å². The van der Waals surface area contributed by atoms with Crippen LogP contribution in [0.1, 0.15) is 20.8 Å². The number of carbonyl (C=O) groups excluding carboxylic acids is 1. The Morgan fingerprint density at radius 2 is 2.10 bits per heavy atom. The minimum atomic E-state index is -0.0431. The molecule has 0 aliphatic heterocycles. The molecule has 0 saturated carbocycles. The van der Waals surface area contributed by atoms with Crippen LogP contribution in [-0.4, -0.2) is 19.5 Å². The summed E-state index contributed by atoms with van der Waals surface area (Å²) in [4.78, 5) is 13.2. The van der Waals surface area contributed by atoms with Gasteiger partial charge in [0.25, 0.3) is 5.91 Å². The molecule has 5 heteroatoms. The zero-order chi connectivity index (χ0) is 14.5. The van der Waals surface area contributed by atoms with Crippen molar-refractivity contribution in [3.05, 3.63) is 50.7 Å². The van der Waals surface area contributed by atoms with Gasteiger partial charge >= 0.3 is 0 Å². The molecule has 20 heavy (non-hydrogen) atoms. The molecule has 1 amide bonds. The number of aryl methyl sites for hydroxylation is 1. The van der Waals surface area contributed by atoms with E-state index in [0.717, 1.165) is 22.0 Å². The fourth-order valence-electron chi connectivity index (χ4n) is 1.97. The molecular weight excluding hydrogens is 292 g/mol. The standard InChI is InChI=1S/C15H17ClN2OS/c1-10-9-11(3-5-13(10)17-2)15(19)18-8-7-12-4-6-14(16)20-12/h3-6,9,17H,7-8H2,1-2H3,(H,18,19). The number of thiophene rings is 1. The molecule has 2 N–H and O–H groups in total. The molecule has 0 atom stereocenters. The summed E-state index contributed by atoms with van der Waals surface area (Å²) in [5, 5.41) is 6.01. The van der Waals surface area contributed by atoms with Gasteiger partial charge in [-0.05, 0) is 49.2 Å². The van der Waals surface area contributed by atoms with Gasteiger partial charge in [0.2, 0.25) is 0 Å². The van der Waals surface area contributed by atoms with Gasteiger partial charge < -0.3 is 10.6 Å². The minimum absolute atomic E-state index is 0.0431. The Balaban J connectivity index is 1.90. The zero-order valence-electron chi connectivity index (χ0n) is 11.5. The van der Waals surface area contributed by atoms with Crippen LogP contribution in [0.2, 0.25) is 4.34 Å². The maximum Gasteiger partial charge on any atom is 0.251 e. The summed E-state index contributed by atoms with van der Waals surface area (Å²) in [7, 11) is 1.87. The topological polar surface area (TPSA) is 41.1 Å². The van der Waals surface area contributed by atoms with E-state index in [2.05, 4.69) is 10.6 Å². The highest BCUT2D eigenvalue weighted by Gasteiger charge is 2.07. The van der Waals surface area contributed by atoms with Crippen molar-refractivity contribution in [2.24, 2.45) is 0 Å². The molecule has 0 spiro atoms. The van der Waals surface area contributed by atoms with Crippen molar-refractivity contribution in [1.82, 2.24) is 5.32 Å². The normalized spacial score (nSPS) is 10.3. The van der Waals surface area contributed by atoms with Crippen molar-refractivity contribution < 1.29 is 4.79 Å². The molecule has 1 aromatic carbocycles. The Bertz CT molecular complexity index is 610. The summed E-state index contributed by atoms with van der Waals surface area (Å²) in [5.41, 5.74) is 2.78. The predicted molar refractivity (Wildman–Crippen MR) is 86.1 cm³/mol. The maximum atomic E-state index is 12.0. The Labute approximate surface area is 128 Å². The summed E-state index contributed by atoms with van der Waals surface area (Å²) in [6.07, 6.45) is 0.802. The van der Waals surface area contributed by atoms with Crippen molar-refractivity contribution in [1.29, 1.82) is 0 Å². The largest absolute Gasteiger partial charge is 0.388 e. The lowest BCUT2D eigenvalue weighted by Gasteiger charge is -2.08. The summed E-state index contributed by atoms with van der Waals surface area (Å²) < 4.78 is 0.782. The number of anilines is 1. The van der Waals surface area contributed by atoms with E-state index in [0.29, 0.717) is 12.1 Å². The number of carbonyl (C=O) groups is 1. The minimum Gasteiger partial charge on any atom is -0.388 e. The Kier molecular flexibility index (Phi) is 5.04.